The molecule has 2 N–H and O–H groups in total. The molecule has 1 unspecified atom stereocenters. The third kappa shape index (κ3) is 6.86. The Morgan fingerprint density at radius 1 is 1.06 bits per heavy atom. The quantitative estimate of drug-likeness (QED) is 0.196. The summed E-state index contributed by atoms with van der Waals surface area (Å²) < 4.78 is 41.1. The van der Waals surface area contributed by atoms with Crippen molar-refractivity contribution < 1.29 is 23.4 Å². The van der Waals surface area contributed by atoms with Gasteiger partial charge in [0.2, 0.25) is 0 Å². The number of carbonyl (C=O) groups is 1. The van der Waals surface area contributed by atoms with Gasteiger partial charge in [0.25, 0.3) is 0 Å². The van der Waals surface area contributed by atoms with E-state index in [1.807, 2.05) is 52.2 Å². The molecule has 4 heterocycles. The molecule has 1 aliphatic heterocycles. The van der Waals surface area contributed by atoms with Gasteiger partial charge in [-0.15, -0.1) is 0 Å². The van der Waals surface area contributed by atoms with Gasteiger partial charge in [0.15, 0.2) is 11.6 Å². The first-order valence-electron chi connectivity index (χ1n) is 16.8. The van der Waals surface area contributed by atoms with Crippen LogP contribution in [0.3, 0.4) is 0 Å². The molecule has 6 aromatic rings. The second-order valence-corrected chi connectivity index (χ2v) is 13.6. The summed E-state index contributed by atoms with van der Waals surface area (Å²) in [5.41, 5.74) is 4.89. The lowest BCUT2D eigenvalue weighted by molar-refractivity contribution is -0.136. The average molecular weight is 664 g/mol. The van der Waals surface area contributed by atoms with Crippen LogP contribution in [0.4, 0.5) is 8.78 Å². The van der Waals surface area contributed by atoms with E-state index < -0.39 is 17.6 Å². The molecule has 3 aromatic carbocycles. The highest BCUT2D eigenvalue weighted by atomic mass is 19.1. The number of ether oxygens (including phenoxy) is 1. The number of aromatic amines is 1. The molecule has 0 fully saturated rings. The maximum atomic E-state index is 15.8. The van der Waals surface area contributed by atoms with Gasteiger partial charge in [0, 0.05) is 53.1 Å². The van der Waals surface area contributed by atoms with Gasteiger partial charge in [0.1, 0.15) is 11.6 Å². The second-order valence-electron chi connectivity index (χ2n) is 13.6. The van der Waals surface area contributed by atoms with E-state index in [0.29, 0.717) is 23.2 Å². The molecule has 1 atom stereocenters. The average Bonchev–Trinajstić information content (AvgIpc) is 3.86. The fourth-order valence-corrected chi connectivity index (χ4v) is 6.87. The summed E-state index contributed by atoms with van der Waals surface area (Å²) >= 11 is 0. The zero-order valence-electron chi connectivity index (χ0n) is 27.6. The van der Waals surface area contributed by atoms with E-state index in [9.17, 15) is 9.90 Å². The largest absolute Gasteiger partial charge is 0.481 e. The fourth-order valence-electron chi connectivity index (χ4n) is 6.87. The number of aliphatic carboxylic acids is 1. The number of aromatic nitrogens is 5. The van der Waals surface area contributed by atoms with Crippen LogP contribution in [-0.2, 0) is 23.2 Å². The van der Waals surface area contributed by atoms with Crippen molar-refractivity contribution in [2.45, 2.75) is 76.8 Å². The number of H-pyrrole nitrogens is 1. The number of hydrogen-bond acceptors (Lipinski definition) is 4. The van der Waals surface area contributed by atoms with Gasteiger partial charge in [0.05, 0.1) is 24.5 Å². The zero-order chi connectivity index (χ0) is 34.1. The number of nitrogens with one attached hydrogen (secondary N) is 1. The summed E-state index contributed by atoms with van der Waals surface area (Å²) in [6, 6.07) is 17.3. The summed E-state index contributed by atoms with van der Waals surface area (Å²) in [6.07, 6.45) is 12.8. The molecule has 0 radical (unpaired) electrons. The Morgan fingerprint density at radius 2 is 1.94 bits per heavy atom. The molecule has 49 heavy (non-hydrogen) atoms. The predicted octanol–water partition coefficient (Wildman–Crippen LogP) is 9.20. The van der Waals surface area contributed by atoms with Crippen molar-refractivity contribution in [2.75, 3.05) is 0 Å². The first-order chi connectivity index (χ1) is 23.6. The summed E-state index contributed by atoms with van der Waals surface area (Å²) in [5.74, 6) is -1.51. The van der Waals surface area contributed by atoms with E-state index in [2.05, 4.69) is 30.0 Å². The lowest BCUT2D eigenvalue weighted by atomic mass is 9.81. The highest BCUT2D eigenvalue weighted by Crippen LogP contribution is 2.38. The molecule has 3 aromatic heterocycles. The van der Waals surface area contributed by atoms with E-state index in [0.717, 1.165) is 54.2 Å². The van der Waals surface area contributed by atoms with Crippen LogP contribution in [-0.4, -0.2) is 35.6 Å². The molecule has 10 heteroatoms. The third-order valence-corrected chi connectivity index (χ3v) is 9.71. The molecule has 0 amide bonds. The van der Waals surface area contributed by atoms with Crippen LogP contribution in [0.5, 0.6) is 11.5 Å². The van der Waals surface area contributed by atoms with Crippen LogP contribution in [0.15, 0.2) is 85.5 Å². The molecule has 0 saturated carbocycles. The molecule has 1 aliphatic rings. The van der Waals surface area contributed by atoms with Crippen molar-refractivity contribution in [1.29, 1.82) is 0 Å². The van der Waals surface area contributed by atoms with Crippen LogP contribution in [0.25, 0.3) is 22.2 Å². The van der Waals surface area contributed by atoms with E-state index >= 15 is 8.78 Å². The van der Waals surface area contributed by atoms with Crippen LogP contribution in [0, 0.1) is 11.6 Å². The highest BCUT2D eigenvalue weighted by Gasteiger charge is 2.25. The Kier molecular flexibility index (Phi) is 8.79. The minimum atomic E-state index is -0.836. The molecule has 252 valence electrons. The fraction of sp³-hybridized carbons (Fsp3) is 0.308. The molecule has 7 rings (SSSR count). The van der Waals surface area contributed by atoms with Crippen LogP contribution < -0.4 is 4.74 Å². The van der Waals surface area contributed by atoms with Gasteiger partial charge in [-0.2, -0.15) is 10.2 Å². The second kappa shape index (κ2) is 13.3. The molecule has 8 nitrogen and oxygen atoms in total. The first-order valence-corrected chi connectivity index (χ1v) is 16.8. The molecular weight excluding hydrogens is 624 g/mol. The summed E-state index contributed by atoms with van der Waals surface area (Å²) in [7, 11) is 0. The maximum absolute atomic E-state index is 15.8. The van der Waals surface area contributed by atoms with Gasteiger partial charge in [-0.25, -0.2) is 8.78 Å². The van der Waals surface area contributed by atoms with Crippen LogP contribution in [0.2, 0.25) is 0 Å². The Balaban J connectivity index is 1.30. The molecule has 0 saturated heterocycles. The van der Waals surface area contributed by atoms with E-state index in [-0.39, 0.29) is 41.5 Å². The highest BCUT2D eigenvalue weighted by molar-refractivity contribution is 5.85. The number of fused-ring (bicyclic) bond motifs is 10. The Bertz CT molecular complexity index is 2130. The predicted molar refractivity (Wildman–Crippen MR) is 184 cm³/mol. The van der Waals surface area contributed by atoms with Crippen molar-refractivity contribution in [2.24, 2.45) is 0 Å². The molecule has 0 aliphatic carbocycles. The number of hydrogen-bond donors (Lipinski definition) is 2. The summed E-state index contributed by atoms with van der Waals surface area (Å²) in [5, 5.41) is 19.6. The molecule has 0 spiro atoms. The maximum Gasteiger partial charge on any atom is 0.303 e. The smallest absolute Gasteiger partial charge is 0.303 e. The van der Waals surface area contributed by atoms with E-state index in [4.69, 9.17) is 9.84 Å². The third-order valence-electron chi connectivity index (χ3n) is 9.71. The SMILES string of the molecule is CC1(C)CCCCCC(c2cccc(CCC(=O)O)c2)n2ccc(n2)-c2cc(ccc2F)Oc2c(F)cc3[nH]ccc3c2Cn2cc1cn2. The number of aryl methyl sites for hydroxylation is 1. The number of rotatable bonds is 4. The van der Waals surface area contributed by atoms with Crippen molar-refractivity contribution in [3.05, 3.63) is 119 Å². The Morgan fingerprint density at radius 3 is 2.80 bits per heavy atom. The van der Waals surface area contributed by atoms with Gasteiger partial charge in [-0.3, -0.25) is 14.2 Å². The van der Waals surface area contributed by atoms with E-state index in [1.165, 1.54) is 18.2 Å². The zero-order valence-corrected chi connectivity index (χ0v) is 27.6. The number of carboxylic acid groups (broad SMARTS) is 1. The summed E-state index contributed by atoms with van der Waals surface area (Å²) in [6.45, 7) is 4.74. The number of benzene rings is 3. The first kappa shape index (κ1) is 32.3. The Hall–Kier alpha value is -5.25. The van der Waals surface area contributed by atoms with Crippen molar-refractivity contribution in [3.8, 4) is 22.8 Å². The summed E-state index contributed by atoms with van der Waals surface area (Å²) in [4.78, 5) is 14.4. The van der Waals surface area contributed by atoms with Crippen LogP contribution >= 0.6 is 0 Å². The van der Waals surface area contributed by atoms with Gasteiger partial charge < -0.3 is 14.8 Å². The standard InChI is InChI=1S/C39H39F2N5O3/c1-39(2)16-5-3-4-9-36(26-8-6-7-25(19-26)10-13-37(47)48)46-18-15-34(44-46)30-20-28(11-12-32(30)40)49-38-31(24-45-23-27(39)22-43-45)29-14-17-42-35(29)21-33(38)41/h6-8,11-12,14-15,17-23,36,42H,3-5,9-10,13,16,24H2,1-2H3,(H,47,48). The van der Waals surface area contributed by atoms with Gasteiger partial charge in [-0.05, 0) is 71.7 Å². The van der Waals surface area contributed by atoms with Crippen molar-refractivity contribution in [3.63, 3.8) is 0 Å². The van der Waals surface area contributed by atoms with Crippen molar-refractivity contribution in [1.82, 2.24) is 24.5 Å². The monoisotopic (exact) mass is 663 g/mol. The number of carboxylic acids is 1. The number of nitrogens with zero attached hydrogens (tertiary/aromatic N) is 4. The Labute approximate surface area is 283 Å². The molecule has 6 bridgehead atoms. The van der Waals surface area contributed by atoms with Gasteiger partial charge >= 0.3 is 5.97 Å². The van der Waals surface area contributed by atoms with Gasteiger partial charge in [-0.1, -0.05) is 57.4 Å². The lowest BCUT2D eigenvalue weighted by Crippen LogP contribution is -2.16. The van der Waals surface area contributed by atoms with E-state index in [1.54, 1.807) is 18.3 Å². The lowest BCUT2D eigenvalue weighted by Gasteiger charge is -2.24. The molecular formula is C39H39F2N5O3. The number of halogens is 2. The minimum Gasteiger partial charge on any atom is -0.481 e. The topological polar surface area (TPSA) is 98.0 Å². The van der Waals surface area contributed by atoms with Crippen molar-refractivity contribution >= 4 is 16.9 Å². The normalized spacial score (nSPS) is 16.5. The van der Waals surface area contributed by atoms with Crippen LogP contribution in [0.1, 0.15) is 80.7 Å². The minimum absolute atomic E-state index is 0.0524.